The van der Waals surface area contributed by atoms with Gasteiger partial charge in [-0.05, 0) is 12.3 Å². The first-order valence-corrected chi connectivity index (χ1v) is 5.40. The van der Waals surface area contributed by atoms with E-state index in [2.05, 4.69) is 5.10 Å². The van der Waals surface area contributed by atoms with E-state index in [1.165, 1.54) is 4.68 Å². The zero-order valence-corrected chi connectivity index (χ0v) is 10.4. The van der Waals surface area contributed by atoms with Crippen LogP contribution in [0.5, 0.6) is 0 Å². The van der Waals surface area contributed by atoms with Crippen molar-refractivity contribution in [1.82, 2.24) is 9.78 Å². The molecule has 0 bridgehead atoms. The van der Waals surface area contributed by atoms with Gasteiger partial charge < -0.3 is 5.73 Å². The lowest BCUT2D eigenvalue weighted by atomic mass is 9.83. The van der Waals surface area contributed by atoms with Crippen molar-refractivity contribution < 1.29 is 13.2 Å². The first-order chi connectivity index (χ1) is 7.53. The van der Waals surface area contributed by atoms with Crippen LogP contribution in [0.15, 0.2) is 12.4 Å². The summed E-state index contributed by atoms with van der Waals surface area (Å²) in [4.78, 5) is 0. The maximum Gasteiger partial charge on any atom is 0.419 e. The van der Waals surface area contributed by atoms with Gasteiger partial charge in [-0.15, -0.1) is 0 Å². The molecule has 0 saturated carbocycles. The van der Waals surface area contributed by atoms with Crippen LogP contribution < -0.4 is 5.73 Å². The Hall–Kier alpha value is -1.04. The van der Waals surface area contributed by atoms with Crippen LogP contribution in [0.3, 0.4) is 0 Å². The fraction of sp³-hybridized carbons (Fsp3) is 0.727. The molecular weight excluding hydrogens is 231 g/mol. The average Bonchev–Trinajstić information content (AvgIpc) is 2.47. The van der Waals surface area contributed by atoms with Crippen molar-refractivity contribution in [2.45, 2.75) is 46.0 Å². The molecule has 0 fully saturated rings. The fourth-order valence-corrected chi connectivity index (χ4v) is 2.06. The van der Waals surface area contributed by atoms with Gasteiger partial charge in [-0.3, -0.25) is 4.68 Å². The number of aromatic nitrogens is 2. The molecule has 2 unspecified atom stereocenters. The van der Waals surface area contributed by atoms with E-state index in [9.17, 15) is 13.2 Å². The molecule has 1 heterocycles. The molecule has 0 spiro atoms. The highest BCUT2D eigenvalue weighted by Gasteiger charge is 2.35. The molecule has 0 saturated heterocycles. The Kier molecular flexibility index (Phi) is 3.57. The summed E-state index contributed by atoms with van der Waals surface area (Å²) in [7, 11) is 0. The van der Waals surface area contributed by atoms with Crippen molar-refractivity contribution in [2.75, 3.05) is 0 Å². The molecule has 98 valence electrons. The topological polar surface area (TPSA) is 43.8 Å². The third kappa shape index (κ3) is 3.21. The van der Waals surface area contributed by atoms with Gasteiger partial charge in [-0.2, -0.15) is 18.3 Å². The van der Waals surface area contributed by atoms with Crippen LogP contribution in [0.2, 0.25) is 0 Å². The molecule has 0 aliphatic heterocycles. The minimum atomic E-state index is -4.36. The summed E-state index contributed by atoms with van der Waals surface area (Å²) in [6, 6.07) is -0.561. The zero-order valence-electron chi connectivity index (χ0n) is 10.4. The standard InChI is InChI=1S/C11H18F3N3/c1-7(15)9(10(2,3)4)17-6-8(5-16-17)11(12,13)14/h5-7,9H,15H2,1-4H3. The molecule has 17 heavy (non-hydrogen) atoms. The molecule has 1 aromatic rings. The summed E-state index contributed by atoms with van der Waals surface area (Å²) >= 11 is 0. The first-order valence-electron chi connectivity index (χ1n) is 5.40. The van der Waals surface area contributed by atoms with E-state index in [1.807, 2.05) is 20.8 Å². The van der Waals surface area contributed by atoms with Gasteiger partial charge >= 0.3 is 6.18 Å². The Bertz CT molecular complexity index is 374. The molecule has 2 atom stereocenters. The molecule has 3 nitrogen and oxygen atoms in total. The van der Waals surface area contributed by atoms with E-state index >= 15 is 0 Å². The Morgan fingerprint density at radius 1 is 1.29 bits per heavy atom. The lowest BCUT2D eigenvalue weighted by Crippen LogP contribution is -2.38. The van der Waals surface area contributed by atoms with Crippen LogP contribution in [0.1, 0.15) is 39.3 Å². The van der Waals surface area contributed by atoms with Crippen molar-refractivity contribution in [3.8, 4) is 0 Å². The molecule has 0 radical (unpaired) electrons. The van der Waals surface area contributed by atoms with Gasteiger partial charge in [0, 0.05) is 12.2 Å². The van der Waals surface area contributed by atoms with Crippen LogP contribution in [0.4, 0.5) is 13.2 Å². The minimum Gasteiger partial charge on any atom is -0.326 e. The molecule has 1 aromatic heterocycles. The van der Waals surface area contributed by atoms with Gasteiger partial charge in [0.25, 0.3) is 0 Å². The second-order valence-corrected chi connectivity index (χ2v) is 5.38. The predicted octanol–water partition coefficient (Wildman–Crippen LogP) is 2.84. The smallest absolute Gasteiger partial charge is 0.326 e. The number of nitrogens with zero attached hydrogens (tertiary/aromatic N) is 2. The van der Waals surface area contributed by atoms with Gasteiger partial charge in [0.15, 0.2) is 0 Å². The first kappa shape index (κ1) is 14.0. The van der Waals surface area contributed by atoms with Gasteiger partial charge in [0.2, 0.25) is 0 Å². The second kappa shape index (κ2) is 4.33. The number of halogens is 3. The normalized spacial score (nSPS) is 16.9. The number of rotatable bonds is 2. The number of hydrogen-bond acceptors (Lipinski definition) is 2. The summed E-state index contributed by atoms with van der Waals surface area (Å²) in [5.74, 6) is 0. The molecule has 0 aromatic carbocycles. The third-order valence-corrected chi connectivity index (χ3v) is 2.60. The Morgan fingerprint density at radius 3 is 2.12 bits per heavy atom. The molecule has 2 N–H and O–H groups in total. The van der Waals surface area contributed by atoms with Gasteiger partial charge in [0.05, 0.1) is 17.8 Å². The molecule has 6 heteroatoms. The summed E-state index contributed by atoms with van der Waals surface area (Å²) < 4.78 is 38.7. The van der Waals surface area contributed by atoms with E-state index in [-0.39, 0.29) is 17.5 Å². The SMILES string of the molecule is CC(N)C(n1cc(C(F)(F)F)cn1)C(C)(C)C. The Labute approximate surface area is 98.8 Å². The van der Waals surface area contributed by atoms with Gasteiger partial charge in [0.1, 0.15) is 0 Å². The van der Waals surface area contributed by atoms with Crippen LogP contribution in [0, 0.1) is 5.41 Å². The predicted molar refractivity (Wildman–Crippen MR) is 59.4 cm³/mol. The van der Waals surface area contributed by atoms with Crippen LogP contribution in [-0.4, -0.2) is 15.8 Å². The van der Waals surface area contributed by atoms with Crippen molar-refractivity contribution in [2.24, 2.45) is 11.1 Å². The van der Waals surface area contributed by atoms with E-state index in [4.69, 9.17) is 5.73 Å². The summed E-state index contributed by atoms with van der Waals surface area (Å²) in [6.07, 6.45) is -2.51. The van der Waals surface area contributed by atoms with E-state index in [0.29, 0.717) is 0 Å². The fourth-order valence-electron chi connectivity index (χ4n) is 2.06. The molecule has 1 rings (SSSR count). The third-order valence-electron chi connectivity index (χ3n) is 2.60. The minimum absolute atomic E-state index is 0.261. The zero-order chi connectivity index (χ0) is 13.4. The van der Waals surface area contributed by atoms with Crippen LogP contribution >= 0.6 is 0 Å². The lowest BCUT2D eigenvalue weighted by Gasteiger charge is -2.33. The molecule has 0 aliphatic carbocycles. The van der Waals surface area contributed by atoms with Crippen molar-refractivity contribution >= 4 is 0 Å². The lowest BCUT2D eigenvalue weighted by molar-refractivity contribution is -0.137. The van der Waals surface area contributed by atoms with Gasteiger partial charge in [-0.1, -0.05) is 20.8 Å². The number of nitrogens with two attached hydrogens (primary N) is 1. The molecular formula is C11H18F3N3. The highest BCUT2D eigenvalue weighted by Crippen LogP contribution is 2.34. The van der Waals surface area contributed by atoms with E-state index in [1.54, 1.807) is 6.92 Å². The van der Waals surface area contributed by atoms with Gasteiger partial charge in [-0.25, -0.2) is 0 Å². The Balaban J connectivity index is 3.10. The quantitative estimate of drug-likeness (QED) is 0.875. The van der Waals surface area contributed by atoms with Crippen molar-refractivity contribution in [3.63, 3.8) is 0 Å². The summed E-state index contributed by atoms with van der Waals surface area (Å²) in [5, 5.41) is 3.79. The molecule has 0 aliphatic rings. The highest BCUT2D eigenvalue weighted by molar-refractivity contribution is 5.09. The highest BCUT2D eigenvalue weighted by atomic mass is 19.4. The Morgan fingerprint density at radius 2 is 1.82 bits per heavy atom. The van der Waals surface area contributed by atoms with E-state index in [0.717, 1.165) is 12.4 Å². The van der Waals surface area contributed by atoms with Crippen molar-refractivity contribution in [3.05, 3.63) is 18.0 Å². The number of hydrogen-bond donors (Lipinski definition) is 1. The largest absolute Gasteiger partial charge is 0.419 e. The summed E-state index contributed by atoms with van der Waals surface area (Å²) in [5.41, 5.74) is 4.83. The monoisotopic (exact) mass is 249 g/mol. The maximum atomic E-state index is 12.5. The van der Waals surface area contributed by atoms with E-state index < -0.39 is 11.7 Å². The maximum absolute atomic E-state index is 12.5. The molecule has 0 amide bonds. The summed E-state index contributed by atoms with van der Waals surface area (Å²) in [6.45, 7) is 7.55. The average molecular weight is 249 g/mol. The van der Waals surface area contributed by atoms with Crippen LogP contribution in [0.25, 0.3) is 0 Å². The van der Waals surface area contributed by atoms with Crippen LogP contribution in [-0.2, 0) is 6.18 Å². The van der Waals surface area contributed by atoms with Crippen molar-refractivity contribution in [1.29, 1.82) is 0 Å². The second-order valence-electron chi connectivity index (χ2n) is 5.38. The number of alkyl halides is 3.